The summed E-state index contributed by atoms with van der Waals surface area (Å²) in [6.45, 7) is 3.82. The van der Waals surface area contributed by atoms with Crippen LogP contribution in [0.4, 0.5) is 0 Å². The van der Waals surface area contributed by atoms with Crippen LogP contribution in [0.5, 0.6) is 0 Å². The fourth-order valence-corrected chi connectivity index (χ4v) is 2.25. The fraction of sp³-hybridized carbons (Fsp3) is 0.294. The van der Waals surface area contributed by atoms with E-state index < -0.39 is 0 Å². The van der Waals surface area contributed by atoms with Crippen LogP contribution >= 0.6 is 0 Å². The second-order valence-corrected chi connectivity index (χ2v) is 5.40. The van der Waals surface area contributed by atoms with Crippen molar-refractivity contribution in [3.63, 3.8) is 0 Å². The number of amides is 1. The quantitative estimate of drug-likeness (QED) is 0.747. The zero-order valence-corrected chi connectivity index (χ0v) is 13.6. The molecule has 3 rings (SSSR count). The van der Waals surface area contributed by atoms with Crippen molar-refractivity contribution < 1.29 is 13.7 Å². The van der Waals surface area contributed by atoms with Gasteiger partial charge < -0.3 is 14.3 Å². The van der Waals surface area contributed by atoms with Crippen molar-refractivity contribution in [2.45, 2.75) is 26.7 Å². The molecule has 7 nitrogen and oxygen atoms in total. The number of aromatic nitrogens is 3. The molecule has 0 unspecified atom stereocenters. The van der Waals surface area contributed by atoms with Crippen molar-refractivity contribution in [1.82, 2.24) is 20.4 Å². The van der Waals surface area contributed by atoms with Crippen LogP contribution in [0.25, 0.3) is 11.5 Å². The van der Waals surface area contributed by atoms with Crippen molar-refractivity contribution in [1.29, 1.82) is 0 Å². The third-order valence-corrected chi connectivity index (χ3v) is 3.46. The molecule has 0 spiro atoms. The molecule has 2 aromatic heterocycles. The standard InChI is InChI=1S/C17H18N4O3/c1-11-14(19-17(23-11)13-6-4-3-5-7-13)10-16-20-15(21-24-16)8-9-18-12(2)22/h3-7H,8-10H2,1-2H3,(H,18,22). The predicted octanol–water partition coefficient (Wildman–Crippen LogP) is 2.30. The molecule has 0 bridgehead atoms. The Bertz CT molecular complexity index is 823. The molecule has 0 radical (unpaired) electrons. The minimum atomic E-state index is -0.0784. The van der Waals surface area contributed by atoms with Crippen molar-refractivity contribution >= 4 is 5.91 Å². The topological polar surface area (TPSA) is 94.1 Å². The molecule has 2 heterocycles. The molecule has 1 amide bonds. The summed E-state index contributed by atoms with van der Waals surface area (Å²) in [4.78, 5) is 19.7. The summed E-state index contributed by atoms with van der Waals surface area (Å²) in [5.74, 6) is 2.26. The van der Waals surface area contributed by atoms with Gasteiger partial charge in [-0.2, -0.15) is 4.98 Å². The van der Waals surface area contributed by atoms with E-state index in [2.05, 4.69) is 20.4 Å². The Hall–Kier alpha value is -2.96. The Morgan fingerprint density at radius 1 is 1.21 bits per heavy atom. The molecule has 0 aliphatic heterocycles. The highest BCUT2D eigenvalue weighted by Crippen LogP contribution is 2.22. The summed E-state index contributed by atoms with van der Waals surface area (Å²) >= 11 is 0. The lowest BCUT2D eigenvalue weighted by Crippen LogP contribution is -2.22. The first kappa shape index (κ1) is 15.9. The number of hydrogen-bond acceptors (Lipinski definition) is 6. The maximum absolute atomic E-state index is 10.8. The largest absolute Gasteiger partial charge is 0.441 e. The summed E-state index contributed by atoms with van der Waals surface area (Å²) in [6.07, 6.45) is 0.936. The second-order valence-electron chi connectivity index (χ2n) is 5.40. The Labute approximate surface area is 139 Å². The molecule has 0 aliphatic rings. The Kier molecular flexibility index (Phi) is 4.69. The number of carbonyl (C=O) groups excluding carboxylic acids is 1. The highest BCUT2D eigenvalue weighted by atomic mass is 16.5. The molecule has 0 saturated carbocycles. The van der Waals surface area contributed by atoms with E-state index in [4.69, 9.17) is 8.94 Å². The van der Waals surface area contributed by atoms with E-state index in [1.807, 2.05) is 37.3 Å². The highest BCUT2D eigenvalue weighted by molar-refractivity contribution is 5.72. The van der Waals surface area contributed by atoms with Crippen molar-refractivity contribution in [3.8, 4) is 11.5 Å². The first-order valence-electron chi connectivity index (χ1n) is 7.69. The van der Waals surface area contributed by atoms with Gasteiger partial charge in [-0.1, -0.05) is 23.4 Å². The Morgan fingerprint density at radius 2 is 2.00 bits per heavy atom. The lowest BCUT2D eigenvalue weighted by molar-refractivity contribution is -0.118. The van der Waals surface area contributed by atoms with E-state index in [-0.39, 0.29) is 5.91 Å². The maximum Gasteiger partial charge on any atom is 0.232 e. The molecule has 0 atom stereocenters. The third-order valence-electron chi connectivity index (χ3n) is 3.46. The minimum Gasteiger partial charge on any atom is -0.441 e. The van der Waals surface area contributed by atoms with Crippen molar-refractivity contribution in [2.24, 2.45) is 0 Å². The predicted molar refractivity (Wildman–Crippen MR) is 86.2 cm³/mol. The number of benzene rings is 1. The number of nitrogens with one attached hydrogen (secondary N) is 1. The number of oxazole rings is 1. The van der Waals surface area contributed by atoms with Crippen LogP contribution in [-0.4, -0.2) is 27.6 Å². The Balaban J connectivity index is 1.67. The first-order valence-corrected chi connectivity index (χ1v) is 7.69. The van der Waals surface area contributed by atoms with Crippen LogP contribution in [0.1, 0.15) is 30.1 Å². The molecule has 3 aromatic rings. The number of hydrogen-bond donors (Lipinski definition) is 1. The van der Waals surface area contributed by atoms with Crippen LogP contribution in [0.3, 0.4) is 0 Å². The van der Waals surface area contributed by atoms with Gasteiger partial charge in [0.25, 0.3) is 0 Å². The van der Waals surface area contributed by atoms with Gasteiger partial charge in [-0.25, -0.2) is 4.98 Å². The van der Waals surface area contributed by atoms with Gasteiger partial charge in [-0.15, -0.1) is 0 Å². The SMILES string of the molecule is CC(=O)NCCc1noc(Cc2nc(-c3ccccc3)oc2C)n1. The average molecular weight is 326 g/mol. The normalized spacial score (nSPS) is 10.8. The van der Waals surface area contributed by atoms with E-state index in [9.17, 15) is 4.79 Å². The van der Waals surface area contributed by atoms with Crippen molar-refractivity contribution in [2.75, 3.05) is 6.54 Å². The summed E-state index contributed by atoms with van der Waals surface area (Å²) < 4.78 is 11.0. The molecule has 24 heavy (non-hydrogen) atoms. The third kappa shape index (κ3) is 3.87. The van der Waals surface area contributed by atoms with Gasteiger partial charge in [0.05, 0.1) is 12.1 Å². The summed E-state index contributed by atoms with van der Waals surface area (Å²) in [6, 6.07) is 9.71. The minimum absolute atomic E-state index is 0.0784. The van der Waals surface area contributed by atoms with E-state index in [1.165, 1.54) is 6.92 Å². The summed E-state index contributed by atoms with van der Waals surface area (Å²) in [5.41, 5.74) is 1.69. The number of aryl methyl sites for hydroxylation is 1. The molecule has 0 fully saturated rings. The van der Waals surface area contributed by atoms with Crippen LogP contribution in [-0.2, 0) is 17.6 Å². The van der Waals surface area contributed by atoms with E-state index in [0.29, 0.717) is 37.0 Å². The van der Waals surface area contributed by atoms with Crippen LogP contribution in [0, 0.1) is 6.92 Å². The van der Waals surface area contributed by atoms with Gasteiger partial charge in [0.15, 0.2) is 5.82 Å². The molecule has 124 valence electrons. The van der Waals surface area contributed by atoms with Crippen LogP contribution in [0.2, 0.25) is 0 Å². The Morgan fingerprint density at radius 3 is 2.75 bits per heavy atom. The zero-order valence-electron chi connectivity index (χ0n) is 13.6. The monoisotopic (exact) mass is 326 g/mol. The molecular formula is C17H18N4O3. The smallest absolute Gasteiger partial charge is 0.232 e. The van der Waals surface area contributed by atoms with Gasteiger partial charge in [0.1, 0.15) is 5.76 Å². The number of rotatable bonds is 6. The van der Waals surface area contributed by atoms with Crippen LogP contribution < -0.4 is 5.32 Å². The zero-order chi connectivity index (χ0) is 16.9. The fourth-order valence-electron chi connectivity index (χ4n) is 2.25. The molecule has 1 N–H and O–H groups in total. The van der Waals surface area contributed by atoms with Gasteiger partial charge in [0, 0.05) is 25.5 Å². The molecular weight excluding hydrogens is 308 g/mol. The highest BCUT2D eigenvalue weighted by Gasteiger charge is 2.15. The number of carbonyl (C=O) groups is 1. The van der Waals surface area contributed by atoms with E-state index in [0.717, 1.165) is 17.0 Å². The van der Waals surface area contributed by atoms with E-state index in [1.54, 1.807) is 0 Å². The number of nitrogens with zero attached hydrogens (tertiary/aromatic N) is 3. The lowest BCUT2D eigenvalue weighted by Gasteiger charge is -1.96. The molecule has 7 heteroatoms. The lowest BCUT2D eigenvalue weighted by atomic mass is 10.2. The molecule has 1 aromatic carbocycles. The second kappa shape index (κ2) is 7.08. The van der Waals surface area contributed by atoms with E-state index >= 15 is 0 Å². The van der Waals surface area contributed by atoms with Gasteiger partial charge in [0.2, 0.25) is 17.7 Å². The molecule has 0 saturated heterocycles. The maximum atomic E-state index is 10.8. The average Bonchev–Trinajstić information content (AvgIpc) is 3.16. The summed E-state index contributed by atoms with van der Waals surface area (Å²) in [7, 11) is 0. The van der Waals surface area contributed by atoms with Crippen LogP contribution in [0.15, 0.2) is 39.3 Å². The van der Waals surface area contributed by atoms with Gasteiger partial charge in [-0.3, -0.25) is 4.79 Å². The van der Waals surface area contributed by atoms with Gasteiger partial charge in [-0.05, 0) is 19.1 Å². The van der Waals surface area contributed by atoms with Crippen molar-refractivity contribution in [3.05, 3.63) is 53.5 Å². The molecule has 0 aliphatic carbocycles. The first-order chi connectivity index (χ1) is 11.6. The van der Waals surface area contributed by atoms with Gasteiger partial charge >= 0.3 is 0 Å². The summed E-state index contributed by atoms with van der Waals surface area (Å²) in [5, 5.41) is 6.60.